The van der Waals surface area contributed by atoms with E-state index in [-0.39, 0.29) is 18.0 Å². The summed E-state index contributed by atoms with van der Waals surface area (Å²) >= 11 is 5.91. The van der Waals surface area contributed by atoms with Crippen molar-refractivity contribution in [1.82, 2.24) is 19.9 Å². The van der Waals surface area contributed by atoms with Gasteiger partial charge in [0, 0.05) is 42.0 Å². The van der Waals surface area contributed by atoms with Crippen LogP contribution >= 0.6 is 12.2 Å². The van der Waals surface area contributed by atoms with Crippen LogP contribution in [0.5, 0.6) is 5.75 Å². The van der Waals surface area contributed by atoms with Crippen LogP contribution in [0.25, 0.3) is 5.69 Å². The number of pyridine rings is 2. The van der Waals surface area contributed by atoms with Gasteiger partial charge in [-0.15, -0.1) is 0 Å². The molecule has 4 aromatic rings. The third kappa shape index (κ3) is 4.61. The zero-order valence-corrected chi connectivity index (χ0v) is 22.6. The smallest absolute Gasteiger partial charge is 0.224 e. The second-order valence-electron chi connectivity index (χ2n) is 9.16. The maximum absolute atomic E-state index is 12.0. The van der Waals surface area contributed by atoms with Crippen molar-refractivity contribution in [2.45, 2.75) is 39.3 Å². The monoisotopic (exact) mass is 526 g/mol. The highest BCUT2D eigenvalue weighted by Crippen LogP contribution is 2.45. The van der Waals surface area contributed by atoms with E-state index < -0.39 is 0 Å². The minimum atomic E-state index is -0.185. The van der Waals surface area contributed by atoms with Gasteiger partial charge in [0.25, 0.3) is 0 Å². The summed E-state index contributed by atoms with van der Waals surface area (Å²) in [6.45, 7) is 6.03. The Balaban J connectivity index is 1.64. The Morgan fingerprint density at radius 3 is 2.63 bits per heavy atom. The number of nitrogens with zero attached hydrogens (tertiary/aromatic N) is 4. The number of carbonyl (C=O) groups is 1. The predicted octanol–water partition coefficient (Wildman–Crippen LogP) is 5.42. The number of methoxy groups -OCH3 is 1. The molecule has 194 valence electrons. The highest BCUT2D eigenvalue weighted by molar-refractivity contribution is 7.80. The summed E-state index contributed by atoms with van der Waals surface area (Å²) in [7, 11) is 1.59. The van der Waals surface area contributed by atoms with Gasteiger partial charge in [-0.05, 0) is 74.1 Å². The molecule has 0 bridgehead atoms. The number of amides is 1. The van der Waals surface area contributed by atoms with Crippen LogP contribution in [0.15, 0.2) is 73.2 Å². The molecule has 0 spiro atoms. The van der Waals surface area contributed by atoms with Gasteiger partial charge in [-0.2, -0.15) is 0 Å². The third-order valence-corrected chi connectivity index (χ3v) is 7.16. The molecule has 0 radical (unpaired) electrons. The largest absolute Gasteiger partial charge is 0.494 e. The number of nitrogens with one attached hydrogen (secondary N) is 2. The van der Waals surface area contributed by atoms with Gasteiger partial charge in [-0.3, -0.25) is 14.8 Å². The lowest BCUT2D eigenvalue weighted by Crippen LogP contribution is -2.29. The first kappa shape index (κ1) is 25.4. The third-order valence-electron chi connectivity index (χ3n) is 6.85. The number of aromatic nitrogens is 3. The van der Waals surface area contributed by atoms with E-state index >= 15 is 0 Å². The quantitative estimate of drug-likeness (QED) is 0.311. The molecule has 0 saturated carbocycles. The molecule has 1 fully saturated rings. The summed E-state index contributed by atoms with van der Waals surface area (Å²) in [5.74, 6) is 0.485. The van der Waals surface area contributed by atoms with Gasteiger partial charge >= 0.3 is 0 Å². The molecule has 4 heterocycles. The highest BCUT2D eigenvalue weighted by Gasteiger charge is 2.42. The van der Waals surface area contributed by atoms with E-state index in [9.17, 15) is 4.79 Å². The SMILES string of the molecule is CCC(=O)Nc1ccc(N2C(=S)N[C@H](c3ccccn3)[C@@H]2c2cc(C)n(-c3cccnc3)c2C)cc1OC. The van der Waals surface area contributed by atoms with Gasteiger partial charge in [-0.25, -0.2) is 0 Å². The van der Waals surface area contributed by atoms with E-state index in [1.54, 1.807) is 19.5 Å². The number of rotatable bonds is 7. The average Bonchev–Trinajstić information content (AvgIpc) is 3.44. The average molecular weight is 527 g/mol. The van der Waals surface area contributed by atoms with Crippen LogP contribution in [-0.2, 0) is 4.79 Å². The van der Waals surface area contributed by atoms with E-state index in [2.05, 4.69) is 56.0 Å². The van der Waals surface area contributed by atoms with Gasteiger partial charge in [0.2, 0.25) is 5.91 Å². The predicted molar refractivity (Wildman–Crippen MR) is 153 cm³/mol. The fraction of sp³-hybridized carbons (Fsp3) is 0.241. The van der Waals surface area contributed by atoms with E-state index in [0.29, 0.717) is 23.0 Å². The fourth-order valence-electron chi connectivity index (χ4n) is 5.09. The Morgan fingerprint density at radius 1 is 1.11 bits per heavy atom. The van der Waals surface area contributed by atoms with Crippen molar-refractivity contribution < 1.29 is 9.53 Å². The summed E-state index contributed by atoms with van der Waals surface area (Å²) in [5, 5.41) is 7.01. The lowest BCUT2D eigenvalue weighted by Gasteiger charge is -2.29. The minimum absolute atomic E-state index is 0.0784. The molecule has 5 rings (SSSR count). The highest BCUT2D eigenvalue weighted by atomic mass is 32.1. The minimum Gasteiger partial charge on any atom is -0.494 e. The number of hydrogen-bond acceptors (Lipinski definition) is 5. The molecular formula is C29H30N6O2S. The van der Waals surface area contributed by atoms with Crippen LogP contribution in [0.4, 0.5) is 11.4 Å². The Hall–Kier alpha value is -4.24. The van der Waals surface area contributed by atoms with E-state index in [1.165, 1.54) is 0 Å². The van der Waals surface area contributed by atoms with Crippen molar-refractivity contribution in [1.29, 1.82) is 0 Å². The Kier molecular flexibility index (Phi) is 7.11. The zero-order chi connectivity index (χ0) is 26.8. The lowest BCUT2D eigenvalue weighted by molar-refractivity contribution is -0.115. The topological polar surface area (TPSA) is 84.3 Å². The van der Waals surface area contributed by atoms with Gasteiger partial charge in [0.1, 0.15) is 5.75 Å². The van der Waals surface area contributed by atoms with Crippen molar-refractivity contribution in [2.75, 3.05) is 17.3 Å². The zero-order valence-electron chi connectivity index (χ0n) is 21.8. The maximum atomic E-state index is 12.0. The van der Waals surface area contributed by atoms with Gasteiger partial charge < -0.3 is 24.8 Å². The van der Waals surface area contributed by atoms with Crippen LogP contribution in [0.2, 0.25) is 0 Å². The van der Waals surface area contributed by atoms with Crippen LogP contribution in [0, 0.1) is 13.8 Å². The summed E-state index contributed by atoms with van der Waals surface area (Å²) in [6, 6.07) is 17.5. The number of benzene rings is 1. The molecule has 38 heavy (non-hydrogen) atoms. The van der Waals surface area contributed by atoms with Crippen LogP contribution in [0.3, 0.4) is 0 Å². The first-order valence-corrected chi connectivity index (χ1v) is 12.9. The molecule has 1 saturated heterocycles. The molecule has 0 unspecified atom stereocenters. The Labute approximate surface area is 227 Å². The van der Waals surface area contributed by atoms with Crippen molar-refractivity contribution in [3.05, 3.63) is 95.8 Å². The number of carbonyl (C=O) groups excluding carboxylic acids is 1. The molecule has 9 heteroatoms. The molecular weight excluding hydrogens is 496 g/mol. The molecule has 3 aromatic heterocycles. The van der Waals surface area contributed by atoms with E-state index in [1.807, 2.05) is 55.6 Å². The summed E-state index contributed by atoms with van der Waals surface area (Å²) < 4.78 is 7.86. The molecule has 2 atom stereocenters. The van der Waals surface area contributed by atoms with Gasteiger partial charge in [0.15, 0.2) is 5.11 Å². The van der Waals surface area contributed by atoms with E-state index in [0.717, 1.165) is 34.0 Å². The van der Waals surface area contributed by atoms with E-state index in [4.69, 9.17) is 17.0 Å². The first-order chi connectivity index (χ1) is 18.4. The van der Waals surface area contributed by atoms with Crippen LogP contribution in [0.1, 0.15) is 48.1 Å². The molecule has 2 N–H and O–H groups in total. The lowest BCUT2D eigenvalue weighted by atomic mass is 9.96. The van der Waals surface area contributed by atoms with Crippen LogP contribution < -0.4 is 20.3 Å². The second-order valence-corrected chi connectivity index (χ2v) is 9.54. The first-order valence-electron chi connectivity index (χ1n) is 12.5. The summed E-state index contributed by atoms with van der Waals surface area (Å²) in [5.41, 5.74) is 6.68. The van der Waals surface area contributed by atoms with Crippen molar-refractivity contribution >= 4 is 34.6 Å². The number of aryl methyl sites for hydroxylation is 1. The van der Waals surface area contributed by atoms with Crippen molar-refractivity contribution in [2.24, 2.45) is 0 Å². The fourth-order valence-corrected chi connectivity index (χ4v) is 5.44. The summed E-state index contributed by atoms with van der Waals surface area (Å²) in [6.07, 6.45) is 5.82. The molecule has 1 amide bonds. The molecule has 1 aliphatic rings. The molecule has 8 nitrogen and oxygen atoms in total. The molecule has 1 aliphatic heterocycles. The van der Waals surface area contributed by atoms with Crippen molar-refractivity contribution in [3.63, 3.8) is 0 Å². The van der Waals surface area contributed by atoms with Crippen LogP contribution in [-0.4, -0.2) is 32.7 Å². The number of hydrogen-bond donors (Lipinski definition) is 2. The van der Waals surface area contributed by atoms with Gasteiger partial charge in [0.05, 0.1) is 42.5 Å². The number of anilines is 2. The maximum Gasteiger partial charge on any atom is 0.224 e. The normalized spacial score (nSPS) is 16.8. The number of ether oxygens (including phenoxy) is 1. The summed E-state index contributed by atoms with van der Waals surface area (Å²) in [4.78, 5) is 23.1. The second kappa shape index (κ2) is 10.6. The Morgan fingerprint density at radius 2 is 1.95 bits per heavy atom. The number of thiocarbonyl (C=S) groups is 1. The Bertz CT molecular complexity index is 1470. The standard InChI is InChI=1S/C29H30N6O2S/c1-5-26(36)32-23-12-11-20(16-25(23)37-4)35-28(27(33-29(35)38)24-10-6-7-14-31-24)22-15-18(2)34(19(22)3)21-9-8-13-30-17-21/h6-17,27-28H,5H2,1-4H3,(H,32,36)(H,33,38)/t27-,28+/m1/s1. The van der Waals surface area contributed by atoms with Crippen molar-refractivity contribution in [3.8, 4) is 11.4 Å². The van der Waals surface area contributed by atoms with Gasteiger partial charge in [-0.1, -0.05) is 13.0 Å². The molecule has 1 aromatic carbocycles. The molecule has 0 aliphatic carbocycles.